The van der Waals surface area contributed by atoms with Gasteiger partial charge in [0.25, 0.3) is 0 Å². The topological polar surface area (TPSA) is 37.8 Å². The fourth-order valence-electron chi connectivity index (χ4n) is 1.49. The molecule has 0 unspecified atom stereocenters. The van der Waals surface area contributed by atoms with Crippen LogP contribution in [0.2, 0.25) is 5.02 Å². The van der Waals surface area contributed by atoms with Crippen molar-refractivity contribution in [2.24, 2.45) is 0 Å². The van der Waals surface area contributed by atoms with Gasteiger partial charge in [0.2, 0.25) is 5.95 Å². The Morgan fingerprint density at radius 2 is 1.76 bits per heavy atom. The summed E-state index contributed by atoms with van der Waals surface area (Å²) in [5.74, 6) is 0.575. The predicted octanol–water partition coefficient (Wildman–Crippen LogP) is 4.10. The predicted molar refractivity (Wildman–Crippen MR) is 79.0 cm³/mol. The van der Waals surface area contributed by atoms with Gasteiger partial charge >= 0.3 is 0 Å². The highest BCUT2D eigenvalue weighted by molar-refractivity contribution is 14.1. The lowest BCUT2D eigenvalue weighted by molar-refractivity contribution is 1.06. The lowest BCUT2D eigenvalue weighted by Crippen LogP contribution is -2.00. The number of aromatic nitrogens is 2. The first-order valence-electron chi connectivity index (χ1n) is 5.09. The van der Waals surface area contributed by atoms with E-state index >= 15 is 0 Å². The van der Waals surface area contributed by atoms with Crippen molar-refractivity contribution in [1.29, 1.82) is 0 Å². The molecule has 0 spiro atoms. The van der Waals surface area contributed by atoms with Gasteiger partial charge in [-0.1, -0.05) is 11.6 Å². The van der Waals surface area contributed by atoms with Gasteiger partial charge in [-0.05, 0) is 60.7 Å². The maximum absolute atomic E-state index is 6.14. The number of hydrogen-bond donors (Lipinski definition) is 1. The summed E-state index contributed by atoms with van der Waals surface area (Å²) < 4.78 is 1.10. The van der Waals surface area contributed by atoms with E-state index in [2.05, 4.69) is 37.9 Å². The smallest absolute Gasteiger partial charge is 0.227 e. The van der Waals surface area contributed by atoms with E-state index in [4.69, 9.17) is 11.6 Å². The Bertz CT molecular complexity index is 537. The van der Waals surface area contributed by atoms with E-state index in [1.807, 2.05) is 38.1 Å². The van der Waals surface area contributed by atoms with Crippen LogP contribution in [-0.2, 0) is 0 Å². The summed E-state index contributed by atoms with van der Waals surface area (Å²) in [5, 5.41) is 3.79. The van der Waals surface area contributed by atoms with Gasteiger partial charge in [-0.2, -0.15) is 0 Å². The molecule has 0 aliphatic carbocycles. The quantitative estimate of drug-likeness (QED) is 0.821. The number of rotatable bonds is 2. The highest BCUT2D eigenvalue weighted by Crippen LogP contribution is 2.25. The molecular weight excluding hydrogens is 349 g/mol. The fraction of sp³-hybridized carbons (Fsp3) is 0.167. The van der Waals surface area contributed by atoms with Crippen LogP contribution in [0, 0.1) is 17.4 Å². The summed E-state index contributed by atoms with van der Waals surface area (Å²) in [6, 6.07) is 7.73. The average Bonchev–Trinajstić information content (AvgIpc) is 2.21. The Kier molecular flexibility index (Phi) is 3.83. The van der Waals surface area contributed by atoms with Crippen molar-refractivity contribution in [2.75, 3.05) is 5.32 Å². The molecule has 88 valence electrons. The number of benzene rings is 1. The molecule has 0 aliphatic rings. The lowest BCUT2D eigenvalue weighted by atomic mass is 10.3. The van der Waals surface area contributed by atoms with Crippen molar-refractivity contribution < 1.29 is 0 Å². The van der Waals surface area contributed by atoms with Gasteiger partial charge < -0.3 is 5.32 Å². The zero-order chi connectivity index (χ0) is 12.4. The maximum atomic E-state index is 6.14. The molecule has 0 amide bonds. The van der Waals surface area contributed by atoms with Gasteiger partial charge in [-0.25, -0.2) is 9.97 Å². The standard InChI is InChI=1S/C12H11ClIN3/c1-7-5-8(2)16-12(15-7)17-11-4-3-9(14)6-10(11)13/h3-6H,1-2H3,(H,15,16,17). The molecular formula is C12H11ClIN3. The molecule has 0 radical (unpaired) electrons. The second-order valence-electron chi connectivity index (χ2n) is 3.72. The van der Waals surface area contributed by atoms with Gasteiger partial charge in [0.05, 0.1) is 10.7 Å². The molecule has 3 nitrogen and oxygen atoms in total. The van der Waals surface area contributed by atoms with Crippen LogP contribution in [0.5, 0.6) is 0 Å². The van der Waals surface area contributed by atoms with Crippen molar-refractivity contribution in [3.05, 3.63) is 44.2 Å². The van der Waals surface area contributed by atoms with Gasteiger partial charge in [-0.3, -0.25) is 0 Å². The summed E-state index contributed by atoms with van der Waals surface area (Å²) in [6.45, 7) is 3.88. The van der Waals surface area contributed by atoms with Crippen LogP contribution in [0.25, 0.3) is 0 Å². The van der Waals surface area contributed by atoms with Crippen molar-refractivity contribution in [3.63, 3.8) is 0 Å². The summed E-state index contributed by atoms with van der Waals surface area (Å²) in [4.78, 5) is 8.62. The first-order chi connectivity index (χ1) is 8.04. The third kappa shape index (κ3) is 3.29. The first kappa shape index (κ1) is 12.6. The summed E-state index contributed by atoms with van der Waals surface area (Å²) >= 11 is 8.36. The summed E-state index contributed by atoms with van der Waals surface area (Å²) in [6.07, 6.45) is 0. The molecule has 0 atom stereocenters. The molecule has 1 heterocycles. The Labute approximate surface area is 119 Å². The molecule has 0 aliphatic heterocycles. The monoisotopic (exact) mass is 359 g/mol. The molecule has 0 bridgehead atoms. The van der Waals surface area contributed by atoms with Crippen molar-refractivity contribution in [3.8, 4) is 0 Å². The minimum atomic E-state index is 0.575. The van der Waals surface area contributed by atoms with E-state index in [9.17, 15) is 0 Å². The second kappa shape index (κ2) is 5.18. The largest absolute Gasteiger partial charge is 0.323 e. The zero-order valence-electron chi connectivity index (χ0n) is 9.46. The van der Waals surface area contributed by atoms with Crippen molar-refractivity contribution in [1.82, 2.24) is 9.97 Å². The highest BCUT2D eigenvalue weighted by atomic mass is 127. The molecule has 0 fully saturated rings. The molecule has 1 N–H and O–H groups in total. The molecule has 1 aromatic carbocycles. The third-order valence-electron chi connectivity index (χ3n) is 2.16. The summed E-state index contributed by atoms with van der Waals surface area (Å²) in [7, 11) is 0. The number of nitrogens with zero attached hydrogens (tertiary/aromatic N) is 2. The Morgan fingerprint density at radius 1 is 1.12 bits per heavy atom. The molecule has 1 aromatic heterocycles. The summed E-state index contributed by atoms with van der Waals surface area (Å²) in [5.41, 5.74) is 2.68. The molecule has 17 heavy (non-hydrogen) atoms. The van der Waals surface area contributed by atoms with E-state index in [1.165, 1.54) is 0 Å². The molecule has 2 rings (SSSR count). The Hall–Kier alpha value is -0.880. The molecule has 5 heteroatoms. The van der Waals surface area contributed by atoms with Crippen LogP contribution in [0.3, 0.4) is 0 Å². The normalized spacial score (nSPS) is 10.4. The van der Waals surface area contributed by atoms with E-state index in [-0.39, 0.29) is 0 Å². The minimum Gasteiger partial charge on any atom is -0.323 e. The molecule has 0 saturated heterocycles. The highest BCUT2D eigenvalue weighted by Gasteiger charge is 2.04. The van der Waals surface area contributed by atoms with Gasteiger partial charge in [-0.15, -0.1) is 0 Å². The molecule has 0 saturated carbocycles. The van der Waals surface area contributed by atoms with Crippen LogP contribution in [0.1, 0.15) is 11.4 Å². The lowest BCUT2D eigenvalue weighted by Gasteiger charge is -2.08. The Balaban J connectivity index is 2.31. The van der Waals surface area contributed by atoms with Crippen molar-refractivity contribution >= 4 is 45.8 Å². The van der Waals surface area contributed by atoms with Gasteiger partial charge in [0, 0.05) is 15.0 Å². The van der Waals surface area contributed by atoms with Crippen LogP contribution in [-0.4, -0.2) is 9.97 Å². The maximum Gasteiger partial charge on any atom is 0.227 e. The number of aryl methyl sites for hydroxylation is 2. The van der Waals surface area contributed by atoms with E-state index in [0.717, 1.165) is 20.6 Å². The van der Waals surface area contributed by atoms with E-state index in [0.29, 0.717) is 11.0 Å². The SMILES string of the molecule is Cc1cc(C)nc(Nc2ccc(I)cc2Cl)n1. The second-order valence-corrected chi connectivity index (χ2v) is 5.38. The van der Waals surface area contributed by atoms with Crippen LogP contribution >= 0.6 is 34.2 Å². The fourth-order valence-corrected chi connectivity index (χ4v) is 2.40. The van der Waals surface area contributed by atoms with Crippen LogP contribution < -0.4 is 5.32 Å². The number of halogens is 2. The van der Waals surface area contributed by atoms with Gasteiger partial charge in [0.15, 0.2) is 0 Å². The Morgan fingerprint density at radius 3 is 2.35 bits per heavy atom. The van der Waals surface area contributed by atoms with Gasteiger partial charge in [0.1, 0.15) is 0 Å². The zero-order valence-corrected chi connectivity index (χ0v) is 12.4. The van der Waals surface area contributed by atoms with Crippen molar-refractivity contribution in [2.45, 2.75) is 13.8 Å². The number of hydrogen-bond acceptors (Lipinski definition) is 3. The van der Waals surface area contributed by atoms with Crippen LogP contribution in [0.15, 0.2) is 24.3 Å². The minimum absolute atomic E-state index is 0.575. The average molecular weight is 360 g/mol. The number of anilines is 2. The van der Waals surface area contributed by atoms with Crippen LogP contribution in [0.4, 0.5) is 11.6 Å². The third-order valence-corrected chi connectivity index (χ3v) is 3.14. The molecule has 2 aromatic rings. The van der Waals surface area contributed by atoms with E-state index in [1.54, 1.807) is 0 Å². The number of nitrogens with one attached hydrogen (secondary N) is 1. The first-order valence-corrected chi connectivity index (χ1v) is 6.54. The van der Waals surface area contributed by atoms with E-state index < -0.39 is 0 Å².